The van der Waals surface area contributed by atoms with Gasteiger partial charge in [-0.2, -0.15) is 0 Å². The minimum absolute atomic E-state index is 0.177. The second kappa shape index (κ2) is 7.42. The Balaban J connectivity index is 1.60. The van der Waals surface area contributed by atoms with Gasteiger partial charge in [0, 0.05) is 11.3 Å². The van der Waals surface area contributed by atoms with Crippen LogP contribution in [0.25, 0.3) is 0 Å². The molecule has 3 rings (SSSR count). The fourth-order valence-corrected chi connectivity index (χ4v) is 2.24. The van der Waals surface area contributed by atoms with Gasteiger partial charge < -0.3 is 10.1 Å². The van der Waals surface area contributed by atoms with Gasteiger partial charge in [0.25, 0.3) is 5.91 Å². The molecule has 1 N–H and O–H groups in total. The van der Waals surface area contributed by atoms with Crippen LogP contribution in [-0.2, 0) is 6.61 Å². The largest absolute Gasteiger partial charge is 0.489 e. The van der Waals surface area contributed by atoms with Crippen molar-refractivity contribution in [2.24, 2.45) is 0 Å². The van der Waals surface area contributed by atoms with E-state index in [4.69, 9.17) is 4.74 Å². The van der Waals surface area contributed by atoms with Crippen LogP contribution in [0.3, 0.4) is 0 Å². The van der Waals surface area contributed by atoms with Gasteiger partial charge in [-0.25, -0.2) is 4.98 Å². The first kappa shape index (κ1) is 15.7. The number of rotatable bonds is 5. The van der Waals surface area contributed by atoms with Gasteiger partial charge in [0.1, 0.15) is 18.2 Å². The van der Waals surface area contributed by atoms with Crippen LogP contribution in [0.5, 0.6) is 5.75 Å². The smallest absolute Gasteiger partial charge is 0.256 e. The zero-order chi connectivity index (χ0) is 16.8. The number of aryl methyl sites for hydroxylation is 1. The molecule has 0 atom stereocenters. The summed E-state index contributed by atoms with van der Waals surface area (Å²) in [6, 6.07) is 22.5. The molecule has 0 fully saturated rings. The molecule has 0 bridgehead atoms. The summed E-state index contributed by atoms with van der Waals surface area (Å²) in [5.41, 5.74) is 2.45. The van der Waals surface area contributed by atoms with Crippen LogP contribution in [0.4, 0.5) is 5.82 Å². The zero-order valence-electron chi connectivity index (χ0n) is 13.4. The number of hydrogen-bond acceptors (Lipinski definition) is 3. The second-order valence-electron chi connectivity index (χ2n) is 5.42. The van der Waals surface area contributed by atoms with E-state index in [-0.39, 0.29) is 5.91 Å². The molecule has 1 aromatic heterocycles. The molecule has 4 nitrogen and oxygen atoms in total. The third kappa shape index (κ3) is 4.20. The summed E-state index contributed by atoms with van der Waals surface area (Å²) in [4.78, 5) is 16.5. The van der Waals surface area contributed by atoms with E-state index < -0.39 is 0 Å². The van der Waals surface area contributed by atoms with E-state index in [2.05, 4.69) is 10.3 Å². The number of anilines is 1. The number of para-hydroxylation sites is 1. The highest BCUT2D eigenvalue weighted by Gasteiger charge is 2.07. The van der Waals surface area contributed by atoms with Crippen molar-refractivity contribution < 1.29 is 9.53 Å². The average Bonchev–Trinajstić information content (AvgIpc) is 2.61. The number of pyridine rings is 1. The van der Waals surface area contributed by atoms with Crippen molar-refractivity contribution in [2.75, 3.05) is 5.32 Å². The molecular formula is C20H18N2O2. The molecule has 0 saturated heterocycles. The SMILES string of the molecule is Cc1cccc(NC(=O)c2ccc(COc3ccccc3)cc2)n1. The van der Waals surface area contributed by atoms with Crippen LogP contribution in [0.1, 0.15) is 21.6 Å². The summed E-state index contributed by atoms with van der Waals surface area (Å²) in [6.45, 7) is 2.35. The lowest BCUT2D eigenvalue weighted by Gasteiger charge is -2.08. The number of benzene rings is 2. The number of nitrogens with zero attached hydrogens (tertiary/aromatic N) is 1. The maximum atomic E-state index is 12.2. The zero-order valence-corrected chi connectivity index (χ0v) is 13.4. The van der Waals surface area contributed by atoms with Gasteiger partial charge in [-0.15, -0.1) is 0 Å². The first-order valence-corrected chi connectivity index (χ1v) is 7.72. The molecule has 0 unspecified atom stereocenters. The van der Waals surface area contributed by atoms with Crippen molar-refractivity contribution in [1.82, 2.24) is 4.98 Å². The fraction of sp³-hybridized carbons (Fsp3) is 0.100. The highest BCUT2D eigenvalue weighted by atomic mass is 16.5. The monoisotopic (exact) mass is 318 g/mol. The Labute approximate surface area is 141 Å². The Hall–Kier alpha value is -3.14. The average molecular weight is 318 g/mol. The summed E-state index contributed by atoms with van der Waals surface area (Å²) in [7, 11) is 0. The van der Waals surface area contributed by atoms with Gasteiger partial charge >= 0.3 is 0 Å². The van der Waals surface area contributed by atoms with Crippen LogP contribution in [0, 0.1) is 6.92 Å². The molecule has 1 amide bonds. The lowest BCUT2D eigenvalue weighted by molar-refractivity contribution is 0.102. The van der Waals surface area contributed by atoms with Crippen LogP contribution < -0.4 is 10.1 Å². The lowest BCUT2D eigenvalue weighted by atomic mass is 10.1. The summed E-state index contributed by atoms with van der Waals surface area (Å²) in [6.07, 6.45) is 0. The molecule has 0 spiro atoms. The second-order valence-corrected chi connectivity index (χ2v) is 5.42. The van der Waals surface area contributed by atoms with E-state index in [9.17, 15) is 4.79 Å². The number of nitrogens with one attached hydrogen (secondary N) is 1. The molecule has 0 aliphatic carbocycles. The molecule has 0 aliphatic heterocycles. The molecule has 0 radical (unpaired) electrons. The molecule has 2 aromatic carbocycles. The number of hydrogen-bond donors (Lipinski definition) is 1. The van der Waals surface area contributed by atoms with Crippen LogP contribution in [0.2, 0.25) is 0 Å². The summed E-state index contributed by atoms with van der Waals surface area (Å²) in [5.74, 6) is 1.20. The third-order valence-corrected chi connectivity index (χ3v) is 3.49. The number of carbonyl (C=O) groups is 1. The molecule has 120 valence electrons. The van der Waals surface area contributed by atoms with E-state index in [1.54, 1.807) is 18.2 Å². The van der Waals surface area contributed by atoms with Gasteiger partial charge in [-0.3, -0.25) is 4.79 Å². The molecule has 3 aromatic rings. The topological polar surface area (TPSA) is 51.2 Å². The summed E-state index contributed by atoms with van der Waals surface area (Å²) >= 11 is 0. The molecule has 24 heavy (non-hydrogen) atoms. The van der Waals surface area contributed by atoms with E-state index in [1.165, 1.54) is 0 Å². The van der Waals surface area contributed by atoms with Gasteiger partial charge in [0.2, 0.25) is 0 Å². The first-order chi connectivity index (χ1) is 11.7. The standard InChI is InChI=1S/C20H18N2O2/c1-15-6-5-9-19(21-15)22-20(23)17-12-10-16(11-13-17)14-24-18-7-3-2-4-8-18/h2-13H,14H2,1H3,(H,21,22,23). The number of ether oxygens (including phenoxy) is 1. The van der Waals surface area contributed by atoms with Gasteiger partial charge in [0.05, 0.1) is 0 Å². The molecule has 1 heterocycles. The van der Waals surface area contributed by atoms with Crippen LogP contribution in [0.15, 0.2) is 72.8 Å². The van der Waals surface area contributed by atoms with E-state index in [1.807, 2.05) is 61.5 Å². The van der Waals surface area contributed by atoms with Gasteiger partial charge in [0.15, 0.2) is 0 Å². The number of amides is 1. The van der Waals surface area contributed by atoms with E-state index >= 15 is 0 Å². The Bertz CT molecular complexity index is 815. The summed E-state index contributed by atoms with van der Waals surface area (Å²) in [5, 5.41) is 2.80. The van der Waals surface area contributed by atoms with Crippen molar-refractivity contribution in [3.8, 4) is 5.75 Å². The lowest BCUT2D eigenvalue weighted by Crippen LogP contribution is -2.13. The maximum Gasteiger partial charge on any atom is 0.256 e. The molecular weight excluding hydrogens is 300 g/mol. The van der Waals surface area contributed by atoms with Crippen molar-refractivity contribution in [3.63, 3.8) is 0 Å². The quantitative estimate of drug-likeness (QED) is 0.766. The molecule has 0 aliphatic rings. The van der Waals surface area contributed by atoms with Gasteiger partial charge in [-0.1, -0.05) is 36.4 Å². The van der Waals surface area contributed by atoms with Gasteiger partial charge in [-0.05, 0) is 48.9 Å². The van der Waals surface area contributed by atoms with Crippen molar-refractivity contribution in [1.29, 1.82) is 0 Å². The Morgan fingerprint density at radius 2 is 1.71 bits per heavy atom. The molecule has 0 saturated carbocycles. The van der Waals surface area contributed by atoms with Crippen molar-refractivity contribution >= 4 is 11.7 Å². The summed E-state index contributed by atoms with van der Waals surface area (Å²) < 4.78 is 5.69. The first-order valence-electron chi connectivity index (χ1n) is 7.72. The highest BCUT2D eigenvalue weighted by Crippen LogP contribution is 2.13. The molecule has 4 heteroatoms. The fourth-order valence-electron chi connectivity index (χ4n) is 2.24. The van der Waals surface area contributed by atoms with E-state index in [0.717, 1.165) is 17.0 Å². The van der Waals surface area contributed by atoms with Crippen LogP contribution in [-0.4, -0.2) is 10.9 Å². The van der Waals surface area contributed by atoms with E-state index in [0.29, 0.717) is 18.0 Å². The third-order valence-electron chi connectivity index (χ3n) is 3.49. The maximum absolute atomic E-state index is 12.2. The minimum atomic E-state index is -0.177. The Kier molecular flexibility index (Phi) is 4.87. The highest BCUT2D eigenvalue weighted by molar-refractivity contribution is 6.03. The van der Waals surface area contributed by atoms with Crippen molar-refractivity contribution in [3.05, 3.63) is 89.6 Å². The Morgan fingerprint density at radius 3 is 2.42 bits per heavy atom. The number of carbonyl (C=O) groups excluding carboxylic acids is 1. The Morgan fingerprint density at radius 1 is 0.958 bits per heavy atom. The predicted molar refractivity (Wildman–Crippen MR) is 94.1 cm³/mol. The normalized spacial score (nSPS) is 10.2. The predicted octanol–water partition coefficient (Wildman–Crippen LogP) is 4.22. The number of aromatic nitrogens is 1. The minimum Gasteiger partial charge on any atom is -0.489 e. The van der Waals surface area contributed by atoms with Crippen molar-refractivity contribution in [2.45, 2.75) is 13.5 Å². The van der Waals surface area contributed by atoms with Crippen LogP contribution >= 0.6 is 0 Å².